The minimum atomic E-state index is -4.63. The van der Waals surface area contributed by atoms with Crippen LogP contribution in [-0.4, -0.2) is 39.1 Å². The quantitative estimate of drug-likeness (QED) is 0.406. The Morgan fingerprint density at radius 1 is 1.25 bits per heavy atom. The number of hydrogen-bond donors (Lipinski definition) is 0. The van der Waals surface area contributed by atoms with Crippen LogP contribution < -0.4 is 4.90 Å². The van der Waals surface area contributed by atoms with Gasteiger partial charge in [-0.3, -0.25) is 0 Å². The predicted octanol–water partition coefficient (Wildman–Crippen LogP) is 4.81. The molecule has 0 saturated heterocycles. The van der Waals surface area contributed by atoms with E-state index in [-0.39, 0.29) is 17.9 Å². The number of aryl methyl sites for hydroxylation is 1. The number of methoxy groups -OCH3 is 1. The number of rotatable bonds is 3. The highest BCUT2D eigenvalue weighted by Gasteiger charge is 2.38. The molecule has 3 aromatic rings. The molecule has 1 aliphatic heterocycles. The van der Waals surface area contributed by atoms with E-state index >= 15 is 0 Å². The van der Waals surface area contributed by atoms with Crippen molar-refractivity contribution >= 4 is 34.6 Å². The zero-order chi connectivity index (χ0) is 23.4. The second-order valence-electron chi connectivity index (χ2n) is 8.02. The van der Waals surface area contributed by atoms with Crippen molar-refractivity contribution in [3.63, 3.8) is 0 Å². The fourth-order valence-corrected chi connectivity index (χ4v) is 4.37. The van der Waals surface area contributed by atoms with Crippen molar-refractivity contribution in [3.8, 4) is 0 Å². The SMILES string of the molecule is COC(=O)c1cc2nc3n(c2cc1C)CCN(c1ncc(C(F)(F)F)c(Cl)n1)[C@@H]3C(C)C. The van der Waals surface area contributed by atoms with Gasteiger partial charge in [0.15, 0.2) is 0 Å². The van der Waals surface area contributed by atoms with Crippen LogP contribution in [0.5, 0.6) is 0 Å². The molecule has 3 heterocycles. The van der Waals surface area contributed by atoms with Crippen molar-refractivity contribution in [2.75, 3.05) is 18.6 Å². The number of carbonyl (C=O) groups is 1. The normalized spacial score (nSPS) is 16.5. The highest BCUT2D eigenvalue weighted by molar-refractivity contribution is 6.30. The van der Waals surface area contributed by atoms with Gasteiger partial charge >= 0.3 is 12.1 Å². The van der Waals surface area contributed by atoms with Gasteiger partial charge in [-0.05, 0) is 30.5 Å². The number of imidazole rings is 1. The Bertz CT molecular complexity index is 1210. The highest BCUT2D eigenvalue weighted by atomic mass is 35.5. The molecular formula is C21H21ClF3N5O2. The third kappa shape index (κ3) is 3.66. The molecule has 0 aliphatic carbocycles. The van der Waals surface area contributed by atoms with Crippen LogP contribution in [0.25, 0.3) is 11.0 Å². The molecule has 32 heavy (non-hydrogen) atoms. The molecule has 0 fully saturated rings. The minimum absolute atomic E-state index is 0.0386. The number of halogens is 4. The predicted molar refractivity (Wildman–Crippen MR) is 113 cm³/mol. The molecule has 170 valence electrons. The Kier molecular flexibility index (Phi) is 5.52. The number of fused-ring (bicyclic) bond motifs is 3. The zero-order valence-corrected chi connectivity index (χ0v) is 18.6. The van der Waals surface area contributed by atoms with E-state index in [2.05, 4.69) is 14.5 Å². The standard InChI is InChI=1S/C21H21ClF3N5O2/c1-10(2)16-18-27-14-8-12(19(31)32-4)11(3)7-15(14)29(18)5-6-30(16)20-26-9-13(17(22)28-20)21(23,24)25/h7-10,16H,5-6H2,1-4H3/t16-/m1/s1. The molecule has 1 atom stereocenters. The summed E-state index contributed by atoms with van der Waals surface area (Å²) < 4.78 is 46.1. The van der Waals surface area contributed by atoms with Crippen molar-refractivity contribution in [2.45, 2.75) is 39.5 Å². The Morgan fingerprint density at radius 2 is 1.97 bits per heavy atom. The van der Waals surface area contributed by atoms with E-state index < -0.39 is 22.9 Å². The van der Waals surface area contributed by atoms with Gasteiger partial charge in [0.05, 0.1) is 29.7 Å². The number of aromatic nitrogens is 4. The average molecular weight is 468 g/mol. The first-order chi connectivity index (χ1) is 15.0. The maximum atomic E-state index is 13.1. The fraction of sp³-hybridized carbons (Fsp3) is 0.429. The van der Waals surface area contributed by atoms with Crippen molar-refractivity contribution < 1.29 is 22.7 Å². The maximum absolute atomic E-state index is 13.1. The Hall–Kier alpha value is -2.88. The molecule has 0 N–H and O–H groups in total. The molecule has 0 saturated carbocycles. The summed E-state index contributed by atoms with van der Waals surface area (Å²) in [4.78, 5) is 26.6. The van der Waals surface area contributed by atoms with Gasteiger partial charge in [-0.15, -0.1) is 0 Å². The Balaban J connectivity index is 1.81. The minimum Gasteiger partial charge on any atom is -0.465 e. The maximum Gasteiger partial charge on any atom is 0.420 e. The summed E-state index contributed by atoms with van der Waals surface area (Å²) in [6.07, 6.45) is -3.91. The van der Waals surface area contributed by atoms with Crippen LogP contribution >= 0.6 is 11.6 Å². The molecule has 0 amide bonds. The summed E-state index contributed by atoms with van der Waals surface area (Å²) in [6, 6.07) is 3.30. The second-order valence-corrected chi connectivity index (χ2v) is 8.38. The summed E-state index contributed by atoms with van der Waals surface area (Å²) >= 11 is 5.84. The topological polar surface area (TPSA) is 73.1 Å². The summed E-state index contributed by atoms with van der Waals surface area (Å²) in [7, 11) is 1.33. The highest BCUT2D eigenvalue weighted by Crippen LogP contribution is 2.39. The second kappa shape index (κ2) is 7.91. The summed E-state index contributed by atoms with van der Waals surface area (Å²) in [5.74, 6) is 0.440. The molecular weight excluding hydrogens is 447 g/mol. The van der Waals surface area contributed by atoms with Gasteiger partial charge in [-0.2, -0.15) is 13.2 Å². The molecule has 11 heteroatoms. The summed E-state index contributed by atoms with van der Waals surface area (Å²) in [5, 5.41) is -0.637. The number of nitrogens with zero attached hydrogens (tertiary/aromatic N) is 5. The van der Waals surface area contributed by atoms with Gasteiger partial charge in [-0.1, -0.05) is 25.4 Å². The van der Waals surface area contributed by atoms with Gasteiger partial charge < -0.3 is 14.2 Å². The Labute approximate surface area is 187 Å². The van der Waals surface area contributed by atoms with Crippen LogP contribution in [0.4, 0.5) is 19.1 Å². The van der Waals surface area contributed by atoms with Crippen molar-refractivity contribution in [2.24, 2.45) is 5.92 Å². The summed E-state index contributed by atoms with van der Waals surface area (Å²) in [5.41, 5.74) is 1.66. The monoisotopic (exact) mass is 467 g/mol. The molecule has 0 spiro atoms. The van der Waals surface area contributed by atoms with E-state index in [0.717, 1.165) is 16.9 Å². The molecule has 2 aromatic heterocycles. The third-order valence-electron chi connectivity index (χ3n) is 5.62. The van der Waals surface area contributed by atoms with Gasteiger partial charge in [0.2, 0.25) is 5.95 Å². The van der Waals surface area contributed by atoms with E-state index in [1.54, 1.807) is 6.07 Å². The summed E-state index contributed by atoms with van der Waals surface area (Å²) in [6.45, 7) is 6.79. The molecule has 7 nitrogen and oxygen atoms in total. The first-order valence-electron chi connectivity index (χ1n) is 9.98. The molecule has 0 unspecified atom stereocenters. The lowest BCUT2D eigenvalue weighted by molar-refractivity contribution is -0.137. The van der Waals surface area contributed by atoms with Crippen LogP contribution in [0, 0.1) is 12.8 Å². The fourth-order valence-electron chi connectivity index (χ4n) is 4.13. The number of benzene rings is 1. The van der Waals surface area contributed by atoms with Crippen molar-refractivity contribution in [3.05, 3.63) is 46.0 Å². The van der Waals surface area contributed by atoms with Gasteiger partial charge in [0.1, 0.15) is 16.5 Å². The van der Waals surface area contributed by atoms with E-state index in [1.165, 1.54) is 7.11 Å². The van der Waals surface area contributed by atoms with E-state index in [4.69, 9.17) is 21.3 Å². The van der Waals surface area contributed by atoms with Gasteiger partial charge in [0, 0.05) is 19.3 Å². The molecule has 4 rings (SSSR count). The van der Waals surface area contributed by atoms with E-state index in [9.17, 15) is 18.0 Å². The zero-order valence-electron chi connectivity index (χ0n) is 17.9. The van der Waals surface area contributed by atoms with Crippen molar-refractivity contribution in [1.82, 2.24) is 19.5 Å². The smallest absolute Gasteiger partial charge is 0.420 e. The molecule has 1 aromatic carbocycles. The van der Waals surface area contributed by atoms with Crippen LogP contribution in [0.1, 0.15) is 47.2 Å². The average Bonchev–Trinajstić information content (AvgIpc) is 3.08. The van der Waals surface area contributed by atoms with Crippen LogP contribution in [0.3, 0.4) is 0 Å². The lowest BCUT2D eigenvalue weighted by Crippen LogP contribution is -2.42. The molecule has 1 aliphatic rings. The van der Waals surface area contributed by atoms with Crippen LogP contribution in [0.15, 0.2) is 18.3 Å². The lowest BCUT2D eigenvalue weighted by Gasteiger charge is -2.38. The molecule has 0 radical (unpaired) electrons. The number of alkyl halides is 3. The van der Waals surface area contributed by atoms with E-state index in [1.807, 2.05) is 31.7 Å². The first kappa shape index (κ1) is 22.3. The van der Waals surface area contributed by atoms with Crippen LogP contribution in [-0.2, 0) is 17.5 Å². The lowest BCUT2D eigenvalue weighted by atomic mass is 10.00. The van der Waals surface area contributed by atoms with Gasteiger partial charge in [0.25, 0.3) is 0 Å². The van der Waals surface area contributed by atoms with Gasteiger partial charge in [-0.25, -0.2) is 19.7 Å². The third-order valence-corrected chi connectivity index (χ3v) is 5.91. The number of ether oxygens (including phenoxy) is 1. The van der Waals surface area contributed by atoms with Crippen molar-refractivity contribution in [1.29, 1.82) is 0 Å². The first-order valence-corrected chi connectivity index (χ1v) is 10.4. The molecule has 0 bridgehead atoms. The number of carbonyl (C=O) groups excluding carboxylic acids is 1. The van der Waals surface area contributed by atoms with E-state index in [0.29, 0.717) is 30.4 Å². The number of hydrogen-bond acceptors (Lipinski definition) is 6. The number of esters is 1. The van der Waals surface area contributed by atoms with Crippen LogP contribution in [0.2, 0.25) is 5.15 Å². The largest absolute Gasteiger partial charge is 0.465 e. The number of anilines is 1. The Morgan fingerprint density at radius 3 is 2.56 bits per heavy atom.